The second kappa shape index (κ2) is 7.41. The molecule has 0 fully saturated rings. The van der Waals surface area contributed by atoms with Crippen LogP contribution in [-0.4, -0.2) is 24.2 Å². The maximum atomic E-state index is 12.9. The second-order valence-electron chi connectivity index (χ2n) is 6.32. The van der Waals surface area contributed by atoms with E-state index >= 15 is 0 Å². The summed E-state index contributed by atoms with van der Waals surface area (Å²) in [5.74, 6) is -0.0926. The van der Waals surface area contributed by atoms with Crippen molar-refractivity contribution in [1.29, 1.82) is 0 Å². The van der Waals surface area contributed by atoms with E-state index in [4.69, 9.17) is 4.74 Å². The number of amides is 3. The number of hydrogen-bond donors (Lipinski definition) is 4. The lowest BCUT2D eigenvalue weighted by Gasteiger charge is -2.29. The normalized spacial score (nSPS) is 16.4. The van der Waals surface area contributed by atoms with Crippen LogP contribution < -0.4 is 20.7 Å². The van der Waals surface area contributed by atoms with Crippen LogP contribution in [0.25, 0.3) is 0 Å². The van der Waals surface area contributed by atoms with Gasteiger partial charge in [-0.05, 0) is 43.7 Å². The first-order chi connectivity index (χ1) is 12.9. The zero-order valence-corrected chi connectivity index (χ0v) is 15.3. The van der Waals surface area contributed by atoms with Gasteiger partial charge in [-0.3, -0.25) is 4.79 Å². The average Bonchev–Trinajstić information content (AvgIpc) is 2.63. The molecule has 1 aliphatic heterocycles. The summed E-state index contributed by atoms with van der Waals surface area (Å²) in [4.78, 5) is 24.9. The molecule has 1 atom stereocenters. The molecule has 3 rings (SSSR count). The van der Waals surface area contributed by atoms with Crippen LogP contribution in [0.5, 0.6) is 11.5 Å². The third-order valence-electron chi connectivity index (χ3n) is 4.36. The van der Waals surface area contributed by atoms with E-state index in [-0.39, 0.29) is 17.4 Å². The van der Waals surface area contributed by atoms with E-state index < -0.39 is 12.1 Å². The molecule has 0 saturated heterocycles. The molecule has 7 nitrogen and oxygen atoms in total. The second-order valence-corrected chi connectivity index (χ2v) is 6.32. The van der Waals surface area contributed by atoms with Crippen LogP contribution in [-0.2, 0) is 4.79 Å². The minimum Gasteiger partial charge on any atom is -0.504 e. The number of aryl methyl sites for hydroxylation is 1. The van der Waals surface area contributed by atoms with Crippen molar-refractivity contribution >= 4 is 17.6 Å². The fourth-order valence-electron chi connectivity index (χ4n) is 2.95. The number of nitrogens with one attached hydrogen (secondary N) is 3. The van der Waals surface area contributed by atoms with Crippen molar-refractivity contribution in [3.63, 3.8) is 0 Å². The van der Waals surface area contributed by atoms with E-state index in [0.717, 1.165) is 5.56 Å². The number of benzene rings is 2. The summed E-state index contributed by atoms with van der Waals surface area (Å²) in [6, 6.07) is 11.1. The predicted octanol–water partition coefficient (Wildman–Crippen LogP) is 2.98. The summed E-state index contributed by atoms with van der Waals surface area (Å²) >= 11 is 0. The van der Waals surface area contributed by atoms with Crippen molar-refractivity contribution in [2.24, 2.45) is 0 Å². The minimum atomic E-state index is -0.682. The quantitative estimate of drug-likeness (QED) is 0.667. The molecule has 0 aromatic heterocycles. The number of anilines is 1. The Morgan fingerprint density at radius 3 is 2.52 bits per heavy atom. The first kappa shape index (κ1) is 18.3. The number of phenolic OH excluding ortho intramolecular Hbond substituents is 1. The van der Waals surface area contributed by atoms with Crippen LogP contribution in [0.2, 0.25) is 0 Å². The summed E-state index contributed by atoms with van der Waals surface area (Å²) in [7, 11) is 1.44. The molecular weight excluding hydrogens is 346 g/mol. The van der Waals surface area contributed by atoms with Gasteiger partial charge >= 0.3 is 6.03 Å². The number of methoxy groups -OCH3 is 1. The molecule has 0 saturated carbocycles. The SMILES string of the molecule is COc1cc([C@H]2NC(=O)NC(C)=C2C(=O)Nc2ccc(C)cc2)ccc1O. The first-order valence-electron chi connectivity index (χ1n) is 8.42. The average molecular weight is 367 g/mol. The van der Waals surface area contributed by atoms with Crippen LogP contribution in [0.15, 0.2) is 53.7 Å². The van der Waals surface area contributed by atoms with Gasteiger partial charge < -0.3 is 25.8 Å². The highest BCUT2D eigenvalue weighted by Gasteiger charge is 2.31. The lowest BCUT2D eigenvalue weighted by molar-refractivity contribution is -0.113. The van der Waals surface area contributed by atoms with Crippen molar-refractivity contribution in [3.8, 4) is 11.5 Å². The molecule has 140 valence electrons. The van der Waals surface area contributed by atoms with Gasteiger partial charge in [0.25, 0.3) is 5.91 Å². The van der Waals surface area contributed by atoms with Crippen molar-refractivity contribution in [3.05, 3.63) is 64.9 Å². The highest BCUT2D eigenvalue weighted by Crippen LogP contribution is 2.33. The van der Waals surface area contributed by atoms with Crippen LogP contribution in [0.1, 0.15) is 24.1 Å². The maximum absolute atomic E-state index is 12.9. The topological polar surface area (TPSA) is 99.7 Å². The summed E-state index contributed by atoms with van der Waals surface area (Å²) in [5.41, 5.74) is 3.20. The third kappa shape index (κ3) is 3.87. The van der Waals surface area contributed by atoms with Gasteiger partial charge in [-0.2, -0.15) is 0 Å². The molecular formula is C20H21N3O4. The lowest BCUT2D eigenvalue weighted by atomic mass is 9.94. The number of hydrogen-bond acceptors (Lipinski definition) is 4. The molecule has 1 heterocycles. The van der Waals surface area contributed by atoms with Crippen LogP contribution in [0, 0.1) is 6.92 Å². The molecule has 0 radical (unpaired) electrons. The Morgan fingerprint density at radius 2 is 1.85 bits per heavy atom. The molecule has 0 aliphatic carbocycles. The number of phenols is 1. The van der Waals surface area contributed by atoms with E-state index in [1.165, 1.54) is 13.2 Å². The summed E-state index contributed by atoms with van der Waals surface area (Å²) in [5, 5.41) is 18.1. The standard InChI is InChI=1S/C20H21N3O4/c1-11-4-7-14(8-5-11)22-19(25)17-12(2)21-20(26)23-18(17)13-6-9-15(24)16(10-13)27-3/h4-10,18,24H,1-3H3,(H,22,25)(H2,21,23,26)/t18-/m1/s1. The van der Waals surface area contributed by atoms with Crippen LogP contribution in [0.4, 0.5) is 10.5 Å². The number of ether oxygens (including phenoxy) is 1. The number of urea groups is 1. The van der Waals surface area contributed by atoms with E-state index in [0.29, 0.717) is 22.5 Å². The van der Waals surface area contributed by atoms with Gasteiger partial charge in [-0.25, -0.2) is 4.79 Å². The van der Waals surface area contributed by atoms with E-state index in [9.17, 15) is 14.7 Å². The zero-order valence-electron chi connectivity index (χ0n) is 15.3. The van der Waals surface area contributed by atoms with E-state index in [1.54, 1.807) is 19.1 Å². The monoisotopic (exact) mass is 367 g/mol. The summed E-state index contributed by atoms with van der Waals surface area (Å²) < 4.78 is 5.14. The maximum Gasteiger partial charge on any atom is 0.319 e. The Hall–Kier alpha value is -3.48. The van der Waals surface area contributed by atoms with Crippen LogP contribution >= 0.6 is 0 Å². The number of allylic oxidation sites excluding steroid dienone is 1. The van der Waals surface area contributed by atoms with Gasteiger partial charge in [0.15, 0.2) is 11.5 Å². The fraction of sp³-hybridized carbons (Fsp3) is 0.200. The Balaban J connectivity index is 1.96. The molecule has 1 aliphatic rings. The van der Waals surface area contributed by atoms with Crippen molar-refractivity contribution in [2.75, 3.05) is 12.4 Å². The largest absolute Gasteiger partial charge is 0.504 e. The van der Waals surface area contributed by atoms with E-state index in [1.807, 2.05) is 31.2 Å². The molecule has 27 heavy (non-hydrogen) atoms. The molecule has 0 spiro atoms. The summed E-state index contributed by atoms with van der Waals surface area (Å²) in [6.07, 6.45) is 0. The Labute approximate surface area is 157 Å². The highest BCUT2D eigenvalue weighted by molar-refractivity contribution is 6.06. The zero-order chi connectivity index (χ0) is 19.6. The van der Waals surface area contributed by atoms with Gasteiger partial charge in [0.1, 0.15) is 0 Å². The predicted molar refractivity (Wildman–Crippen MR) is 102 cm³/mol. The van der Waals surface area contributed by atoms with Gasteiger partial charge in [0, 0.05) is 11.4 Å². The van der Waals surface area contributed by atoms with Gasteiger partial charge in [-0.1, -0.05) is 23.8 Å². The highest BCUT2D eigenvalue weighted by atomic mass is 16.5. The smallest absolute Gasteiger partial charge is 0.319 e. The fourth-order valence-corrected chi connectivity index (χ4v) is 2.95. The minimum absolute atomic E-state index is 0.0205. The molecule has 0 bridgehead atoms. The molecule has 2 aromatic carbocycles. The van der Waals surface area contributed by atoms with Crippen molar-refractivity contribution < 1.29 is 19.4 Å². The lowest BCUT2D eigenvalue weighted by Crippen LogP contribution is -2.45. The van der Waals surface area contributed by atoms with E-state index in [2.05, 4.69) is 16.0 Å². The summed E-state index contributed by atoms with van der Waals surface area (Å²) in [6.45, 7) is 3.64. The molecule has 4 N–H and O–H groups in total. The molecule has 7 heteroatoms. The van der Waals surface area contributed by atoms with Gasteiger partial charge in [0.05, 0.1) is 18.7 Å². The third-order valence-corrected chi connectivity index (χ3v) is 4.36. The number of carbonyl (C=O) groups is 2. The Bertz CT molecular complexity index is 919. The number of rotatable bonds is 4. The van der Waals surface area contributed by atoms with Crippen LogP contribution in [0.3, 0.4) is 0 Å². The molecule has 0 unspecified atom stereocenters. The van der Waals surface area contributed by atoms with Crippen molar-refractivity contribution in [1.82, 2.24) is 10.6 Å². The van der Waals surface area contributed by atoms with Crippen molar-refractivity contribution in [2.45, 2.75) is 19.9 Å². The number of aromatic hydroxyl groups is 1. The Morgan fingerprint density at radius 1 is 1.15 bits per heavy atom. The molecule has 3 amide bonds. The van der Waals surface area contributed by atoms with Gasteiger partial charge in [0.2, 0.25) is 0 Å². The Kier molecular flexibility index (Phi) is 5.03. The molecule has 2 aromatic rings. The number of carbonyl (C=O) groups excluding carboxylic acids is 2. The first-order valence-corrected chi connectivity index (χ1v) is 8.42. The van der Waals surface area contributed by atoms with Gasteiger partial charge in [-0.15, -0.1) is 0 Å².